The SMILES string of the molecule is CN=C(NCCc1nccn1Cc1ccccc1)NC(C)c1ccc(Cl)cc1Cl. The number of halogens is 2. The van der Waals surface area contributed by atoms with Crippen LogP contribution >= 0.6 is 23.2 Å². The quantitative estimate of drug-likeness (QED) is 0.422. The van der Waals surface area contributed by atoms with Gasteiger partial charge in [0.15, 0.2) is 5.96 Å². The van der Waals surface area contributed by atoms with E-state index in [1.807, 2.05) is 37.5 Å². The first kappa shape index (κ1) is 21.2. The Morgan fingerprint density at radius 1 is 1.17 bits per heavy atom. The predicted molar refractivity (Wildman–Crippen MR) is 121 cm³/mol. The van der Waals surface area contributed by atoms with Crippen molar-refractivity contribution in [3.05, 3.63) is 87.9 Å². The molecule has 3 aromatic rings. The van der Waals surface area contributed by atoms with Gasteiger partial charge in [-0.1, -0.05) is 59.6 Å². The molecule has 7 heteroatoms. The van der Waals surface area contributed by atoms with Crippen molar-refractivity contribution < 1.29 is 0 Å². The highest BCUT2D eigenvalue weighted by molar-refractivity contribution is 6.35. The van der Waals surface area contributed by atoms with Crippen LogP contribution in [0.4, 0.5) is 0 Å². The van der Waals surface area contributed by atoms with Crippen molar-refractivity contribution in [2.24, 2.45) is 4.99 Å². The van der Waals surface area contributed by atoms with E-state index < -0.39 is 0 Å². The second-order valence-corrected chi connectivity index (χ2v) is 7.58. The molecule has 2 N–H and O–H groups in total. The largest absolute Gasteiger partial charge is 0.356 e. The van der Waals surface area contributed by atoms with E-state index in [9.17, 15) is 0 Å². The number of aromatic nitrogens is 2. The fraction of sp³-hybridized carbons (Fsp3) is 0.273. The summed E-state index contributed by atoms with van der Waals surface area (Å²) in [6.45, 7) is 3.57. The van der Waals surface area contributed by atoms with Gasteiger partial charge in [-0.3, -0.25) is 4.99 Å². The number of nitrogens with one attached hydrogen (secondary N) is 2. The summed E-state index contributed by atoms with van der Waals surface area (Å²) in [5.41, 5.74) is 2.23. The van der Waals surface area contributed by atoms with Crippen molar-refractivity contribution in [1.82, 2.24) is 20.2 Å². The summed E-state index contributed by atoms with van der Waals surface area (Å²) in [5.74, 6) is 1.75. The first-order valence-electron chi connectivity index (χ1n) is 9.53. The summed E-state index contributed by atoms with van der Waals surface area (Å²) in [7, 11) is 1.75. The third kappa shape index (κ3) is 5.99. The molecule has 1 heterocycles. The number of imidazole rings is 1. The van der Waals surface area contributed by atoms with Gasteiger partial charge in [0, 0.05) is 49.0 Å². The second kappa shape index (κ2) is 10.3. The lowest BCUT2D eigenvalue weighted by Gasteiger charge is -2.19. The molecule has 2 aromatic carbocycles. The lowest BCUT2D eigenvalue weighted by atomic mass is 10.1. The van der Waals surface area contributed by atoms with Gasteiger partial charge in [0.25, 0.3) is 0 Å². The Morgan fingerprint density at radius 3 is 2.69 bits per heavy atom. The lowest BCUT2D eigenvalue weighted by molar-refractivity contribution is 0.666. The number of rotatable bonds is 7. The number of hydrogen-bond donors (Lipinski definition) is 2. The van der Waals surface area contributed by atoms with Crippen LogP contribution in [0.5, 0.6) is 0 Å². The average molecular weight is 430 g/mol. The molecule has 0 radical (unpaired) electrons. The highest BCUT2D eigenvalue weighted by Crippen LogP contribution is 2.25. The van der Waals surface area contributed by atoms with Crippen LogP contribution < -0.4 is 10.6 Å². The van der Waals surface area contributed by atoms with Gasteiger partial charge in [-0.2, -0.15) is 0 Å². The van der Waals surface area contributed by atoms with Crippen molar-refractivity contribution in [1.29, 1.82) is 0 Å². The summed E-state index contributed by atoms with van der Waals surface area (Å²) in [5, 5.41) is 7.97. The van der Waals surface area contributed by atoms with Gasteiger partial charge in [0.05, 0.1) is 6.04 Å². The fourth-order valence-corrected chi connectivity index (χ4v) is 3.69. The Bertz CT molecular complexity index is 953. The highest BCUT2D eigenvalue weighted by Gasteiger charge is 2.12. The number of benzene rings is 2. The summed E-state index contributed by atoms with van der Waals surface area (Å²) < 4.78 is 2.17. The van der Waals surface area contributed by atoms with Crippen LogP contribution in [0.1, 0.15) is 29.9 Å². The minimum atomic E-state index is -0.00830. The first-order chi connectivity index (χ1) is 14.1. The number of guanidine groups is 1. The molecule has 1 unspecified atom stereocenters. The second-order valence-electron chi connectivity index (χ2n) is 6.74. The van der Waals surface area contributed by atoms with Gasteiger partial charge in [-0.05, 0) is 30.2 Å². The van der Waals surface area contributed by atoms with Gasteiger partial charge in [0.2, 0.25) is 0 Å². The van der Waals surface area contributed by atoms with E-state index in [-0.39, 0.29) is 6.04 Å². The molecule has 0 aliphatic rings. The molecular weight excluding hydrogens is 405 g/mol. The Balaban J connectivity index is 1.54. The third-order valence-corrected chi connectivity index (χ3v) is 5.21. The maximum atomic E-state index is 6.31. The first-order valence-corrected chi connectivity index (χ1v) is 10.3. The predicted octanol–water partition coefficient (Wildman–Crippen LogP) is 4.71. The topological polar surface area (TPSA) is 54.2 Å². The molecule has 0 spiro atoms. The van der Waals surface area contributed by atoms with Crippen LogP contribution in [0.3, 0.4) is 0 Å². The van der Waals surface area contributed by atoms with E-state index in [1.165, 1.54) is 5.56 Å². The molecule has 0 saturated carbocycles. The number of nitrogens with zero attached hydrogens (tertiary/aromatic N) is 3. The van der Waals surface area contributed by atoms with E-state index in [0.29, 0.717) is 22.5 Å². The molecule has 1 aromatic heterocycles. The molecule has 0 saturated heterocycles. The zero-order valence-corrected chi connectivity index (χ0v) is 18.1. The Labute approximate surface area is 181 Å². The van der Waals surface area contributed by atoms with Crippen LogP contribution in [-0.2, 0) is 13.0 Å². The molecule has 152 valence electrons. The van der Waals surface area contributed by atoms with Crippen molar-refractivity contribution in [2.75, 3.05) is 13.6 Å². The van der Waals surface area contributed by atoms with Crippen LogP contribution in [0, 0.1) is 0 Å². The summed E-state index contributed by atoms with van der Waals surface area (Å²) in [6, 6.07) is 15.9. The smallest absolute Gasteiger partial charge is 0.191 e. The van der Waals surface area contributed by atoms with Crippen LogP contribution in [0.25, 0.3) is 0 Å². The van der Waals surface area contributed by atoms with Gasteiger partial charge in [-0.15, -0.1) is 0 Å². The van der Waals surface area contributed by atoms with E-state index in [1.54, 1.807) is 13.1 Å². The van der Waals surface area contributed by atoms with Crippen LogP contribution in [-0.4, -0.2) is 29.1 Å². The Morgan fingerprint density at radius 2 is 1.97 bits per heavy atom. The summed E-state index contributed by atoms with van der Waals surface area (Å²) in [4.78, 5) is 8.80. The molecular formula is C22H25Cl2N5. The van der Waals surface area contributed by atoms with Crippen molar-refractivity contribution in [2.45, 2.75) is 25.9 Å². The van der Waals surface area contributed by atoms with Crippen molar-refractivity contribution in [3.63, 3.8) is 0 Å². The van der Waals surface area contributed by atoms with Crippen molar-refractivity contribution in [3.8, 4) is 0 Å². The van der Waals surface area contributed by atoms with Crippen LogP contribution in [0.2, 0.25) is 10.0 Å². The monoisotopic (exact) mass is 429 g/mol. The molecule has 29 heavy (non-hydrogen) atoms. The van der Waals surface area contributed by atoms with E-state index in [4.69, 9.17) is 23.2 Å². The summed E-state index contributed by atoms with van der Waals surface area (Å²) >= 11 is 12.3. The molecule has 0 aliphatic carbocycles. The zero-order chi connectivity index (χ0) is 20.6. The molecule has 3 rings (SSSR count). The standard InChI is InChI=1S/C22H25Cl2N5/c1-16(19-9-8-18(23)14-20(19)24)28-22(25-2)27-11-10-21-26-12-13-29(21)15-17-6-4-3-5-7-17/h3-9,12-14,16H,10-11,15H2,1-2H3,(H2,25,27,28). The molecule has 0 bridgehead atoms. The summed E-state index contributed by atoms with van der Waals surface area (Å²) in [6.07, 6.45) is 4.65. The minimum Gasteiger partial charge on any atom is -0.356 e. The van der Waals surface area contributed by atoms with Crippen LogP contribution in [0.15, 0.2) is 65.9 Å². The number of aliphatic imine (C=N–C) groups is 1. The Hall–Kier alpha value is -2.50. The molecule has 5 nitrogen and oxygen atoms in total. The maximum Gasteiger partial charge on any atom is 0.191 e. The highest BCUT2D eigenvalue weighted by atomic mass is 35.5. The fourth-order valence-electron chi connectivity index (χ4n) is 3.12. The van der Waals surface area contributed by atoms with E-state index >= 15 is 0 Å². The average Bonchev–Trinajstić information content (AvgIpc) is 3.14. The van der Waals surface area contributed by atoms with Gasteiger partial charge in [0.1, 0.15) is 5.82 Å². The molecule has 0 fully saturated rings. The maximum absolute atomic E-state index is 6.31. The van der Waals surface area contributed by atoms with Crippen molar-refractivity contribution >= 4 is 29.2 Å². The van der Waals surface area contributed by atoms with Gasteiger partial charge < -0.3 is 15.2 Å². The number of hydrogen-bond acceptors (Lipinski definition) is 2. The molecule has 0 aliphatic heterocycles. The Kier molecular flexibility index (Phi) is 7.55. The molecule has 1 atom stereocenters. The third-order valence-electron chi connectivity index (χ3n) is 4.64. The van der Waals surface area contributed by atoms with Gasteiger partial charge in [-0.25, -0.2) is 4.98 Å². The van der Waals surface area contributed by atoms with E-state index in [0.717, 1.165) is 24.4 Å². The zero-order valence-electron chi connectivity index (χ0n) is 16.6. The molecule has 0 amide bonds. The van der Waals surface area contributed by atoms with E-state index in [2.05, 4.69) is 49.4 Å². The van der Waals surface area contributed by atoms with Gasteiger partial charge >= 0.3 is 0 Å². The normalized spacial score (nSPS) is 12.6. The minimum absolute atomic E-state index is 0.00830. The lowest BCUT2D eigenvalue weighted by Crippen LogP contribution is -2.39.